The van der Waals surface area contributed by atoms with Gasteiger partial charge >= 0.3 is 17.8 Å². The molecule has 9 heteroatoms. The maximum absolute atomic E-state index is 12.1. The predicted octanol–water partition coefficient (Wildman–Crippen LogP) is 2.52. The first-order chi connectivity index (χ1) is 11.4. The maximum Gasteiger partial charge on any atom is 0.334 e. The summed E-state index contributed by atoms with van der Waals surface area (Å²) < 4.78 is 0. The Labute approximate surface area is 148 Å². The lowest BCUT2D eigenvalue weighted by atomic mass is 10.3. The highest BCUT2D eigenvalue weighted by Gasteiger charge is 2.44. The molecule has 7 nitrogen and oxygen atoms in total. The number of carbonyl (C=O) groups excluding carboxylic acids is 4. The number of amides is 5. The number of rotatable bonds is 6. The van der Waals surface area contributed by atoms with Crippen LogP contribution in [0.15, 0.2) is 18.2 Å². The quantitative estimate of drug-likeness (QED) is 0.614. The average Bonchev–Trinajstić information content (AvgIpc) is 2.74. The van der Waals surface area contributed by atoms with E-state index in [2.05, 4.69) is 5.32 Å². The van der Waals surface area contributed by atoms with Crippen molar-refractivity contribution < 1.29 is 19.2 Å². The fraction of sp³-hybridized carbons (Fsp3) is 0.333. The van der Waals surface area contributed by atoms with Crippen molar-refractivity contribution in [1.82, 2.24) is 9.80 Å². The second-order valence-corrected chi connectivity index (χ2v) is 5.92. The summed E-state index contributed by atoms with van der Waals surface area (Å²) in [6.07, 6.45) is 1.35. The molecule has 0 aliphatic carbocycles. The number of unbranched alkanes of at least 4 members (excludes halogenated alkanes) is 1. The summed E-state index contributed by atoms with van der Waals surface area (Å²) in [6.45, 7) is 1.47. The van der Waals surface area contributed by atoms with Gasteiger partial charge in [0.25, 0.3) is 0 Å². The molecule has 0 spiro atoms. The van der Waals surface area contributed by atoms with Crippen LogP contribution in [0.1, 0.15) is 19.8 Å². The van der Waals surface area contributed by atoms with Crippen LogP contribution in [0, 0.1) is 0 Å². The molecule has 1 aromatic rings. The van der Waals surface area contributed by atoms with Gasteiger partial charge in [-0.1, -0.05) is 42.6 Å². The molecule has 1 aliphatic heterocycles. The summed E-state index contributed by atoms with van der Waals surface area (Å²) in [5, 5.41) is 2.86. The van der Waals surface area contributed by atoms with Gasteiger partial charge in [0.05, 0.1) is 15.7 Å². The molecule has 1 aromatic carbocycles. The van der Waals surface area contributed by atoms with Crippen molar-refractivity contribution in [3.8, 4) is 0 Å². The molecule has 5 amide bonds. The van der Waals surface area contributed by atoms with E-state index in [9.17, 15) is 19.2 Å². The van der Waals surface area contributed by atoms with Crippen LogP contribution in [0.3, 0.4) is 0 Å². The van der Waals surface area contributed by atoms with E-state index >= 15 is 0 Å². The molecular formula is C15H15Cl2N3O4. The zero-order valence-corrected chi connectivity index (χ0v) is 14.4. The highest BCUT2D eigenvalue weighted by atomic mass is 35.5. The SMILES string of the molecule is CCCCN1C(=O)C(=O)N(CC(=O)Nc2cccc(Cl)c2Cl)C1=O. The van der Waals surface area contributed by atoms with E-state index in [0.29, 0.717) is 11.3 Å². The number of imide groups is 2. The van der Waals surface area contributed by atoms with Crippen LogP contribution in [0.4, 0.5) is 10.5 Å². The van der Waals surface area contributed by atoms with Crippen molar-refractivity contribution in [3.63, 3.8) is 0 Å². The van der Waals surface area contributed by atoms with E-state index in [-0.39, 0.29) is 22.3 Å². The van der Waals surface area contributed by atoms with Gasteiger partial charge < -0.3 is 5.32 Å². The molecule has 24 heavy (non-hydrogen) atoms. The molecule has 1 saturated heterocycles. The van der Waals surface area contributed by atoms with Crippen molar-refractivity contribution >= 4 is 52.6 Å². The van der Waals surface area contributed by atoms with Crippen molar-refractivity contribution in [1.29, 1.82) is 0 Å². The second-order valence-electron chi connectivity index (χ2n) is 5.13. The summed E-state index contributed by atoms with van der Waals surface area (Å²) in [5.41, 5.74) is 0.252. The highest BCUT2D eigenvalue weighted by Crippen LogP contribution is 2.29. The largest absolute Gasteiger partial charge is 0.334 e. The van der Waals surface area contributed by atoms with Gasteiger partial charge in [0.1, 0.15) is 6.54 Å². The monoisotopic (exact) mass is 371 g/mol. The summed E-state index contributed by atoms with van der Waals surface area (Å²) in [7, 11) is 0. The first-order valence-electron chi connectivity index (χ1n) is 7.28. The highest BCUT2D eigenvalue weighted by molar-refractivity contribution is 6.45. The molecular weight excluding hydrogens is 357 g/mol. The first kappa shape index (κ1) is 18.2. The number of urea groups is 1. The molecule has 0 saturated carbocycles. The van der Waals surface area contributed by atoms with E-state index in [4.69, 9.17) is 23.2 Å². The molecule has 0 unspecified atom stereocenters. The van der Waals surface area contributed by atoms with Crippen molar-refractivity contribution in [2.45, 2.75) is 19.8 Å². The van der Waals surface area contributed by atoms with Crippen molar-refractivity contribution in [3.05, 3.63) is 28.2 Å². The minimum absolute atomic E-state index is 0.146. The smallest absolute Gasteiger partial charge is 0.323 e. The average molecular weight is 372 g/mol. The number of nitrogens with zero attached hydrogens (tertiary/aromatic N) is 2. The molecule has 0 aromatic heterocycles. The third-order valence-corrected chi connectivity index (χ3v) is 4.22. The summed E-state index contributed by atoms with van der Waals surface area (Å²) >= 11 is 11.8. The van der Waals surface area contributed by atoms with Crippen molar-refractivity contribution in [2.75, 3.05) is 18.4 Å². The normalized spacial score (nSPS) is 14.5. The standard InChI is InChI=1S/C15H15Cl2N3O4/c1-2-3-7-19-13(22)14(23)20(15(19)24)8-11(21)18-10-6-4-5-9(16)12(10)17/h4-6H,2-3,7-8H2,1H3,(H,18,21). The fourth-order valence-corrected chi connectivity index (χ4v) is 2.48. The Hall–Kier alpha value is -2.12. The van der Waals surface area contributed by atoms with E-state index < -0.39 is 30.3 Å². The number of hydrogen-bond acceptors (Lipinski definition) is 4. The molecule has 1 N–H and O–H groups in total. The number of benzene rings is 1. The lowest BCUT2D eigenvalue weighted by molar-refractivity contribution is -0.143. The summed E-state index contributed by atoms with van der Waals surface area (Å²) in [4.78, 5) is 49.4. The molecule has 0 atom stereocenters. The Balaban J connectivity index is 2.06. The zero-order valence-electron chi connectivity index (χ0n) is 12.8. The Morgan fingerprint density at radius 2 is 1.79 bits per heavy atom. The van der Waals surface area contributed by atoms with Crippen molar-refractivity contribution in [2.24, 2.45) is 0 Å². The number of hydrogen-bond donors (Lipinski definition) is 1. The van der Waals surface area contributed by atoms with E-state index in [1.54, 1.807) is 12.1 Å². The Morgan fingerprint density at radius 1 is 1.12 bits per heavy atom. The van der Waals surface area contributed by atoms with Gasteiger partial charge in [-0.2, -0.15) is 0 Å². The van der Waals surface area contributed by atoms with E-state index in [1.807, 2.05) is 6.92 Å². The molecule has 2 rings (SSSR count). The molecule has 0 bridgehead atoms. The minimum atomic E-state index is -1.01. The number of carbonyl (C=O) groups is 4. The fourth-order valence-electron chi connectivity index (χ4n) is 2.14. The van der Waals surface area contributed by atoms with Gasteiger partial charge in [0, 0.05) is 6.54 Å². The van der Waals surface area contributed by atoms with Crippen LogP contribution < -0.4 is 5.32 Å². The predicted molar refractivity (Wildman–Crippen MR) is 88.8 cm³/mol. The third kappa shape index (κ3) is 3.68. The maximum atomic E-state index is 12.1. The van der Waals surface area contributed by atoms with Gasteiger partial charge in [-0.05, 0) is 18.6 Å². The van der Waals surface area contributed by atoms with E-state index in [0.717, 1.165) is 11.3 Å². The van der Waals surface area contributed by atoms with Gasteiger partial charge in [-0.3, -0.25) is 19.3 Å². The van der Waals surface area contributed by atoms with Gasteiger partial charge in [-0.15, -0.1) is 0 Å². The lowest BCUT2D eigenvalue weighted by Gasteiger charge is -2.15. The van der Waals surface area contributed by atoms with Crippen LogP contribution in [-0.4, -0.2) is 46.6 Å². The first-order valence-corrected chi connectivity index (χ1v) is 8.03. The van der Waals surface area contributed by atoms with Crippen LogP contribution in [0.5, 0.6) is 0 Å². The van der Waals surface area contributed by atoms with E-state index in [1.165, 1.54) is 6.07 Å². The topological polar surface area (TPSA) is 86.8 Å². The van der Waals surface area contributed by atoms with Crippen LogP contribution in [0.25, 0.3) is 0 Å². The van der Waals surface area contributed by atoms with Crippen LogP contribution >= 0.6 is 23.2 Å². The zero-order chi connectivity index (χ0) is 17.9. The molecule has 1 heterocycles. The molecule has 1 fully saturated rings. The summed E-state index contributed by atoms with van der Waals surface area (Å²) in [6, 6.07) is 3.88. The molecule has 128 valence electrons. The number of anilines is 1. The van der Waals surface area contributed by atoms with Crippen LogP contribution in [0.2, 0.25) is 10.0 Å². The Morgan fingerprint density at radius 3 is 2.46 bits per heavy atom. The van der Waals surface area contributed by atoms with Crippen LogP contribution in [-0.2, 0) is 14.4 Å². The summed E-state index contributed by atoms with van der Waals surface area (Å²) in [5.74, 6) is -2.59. The lowest BCUT2D eigenvalue weighted by Crippen LogP contribution is -2.39. The Kier molecular flexibility index (Phi) is 5.80. The molecule has 0 radical (unpaired) electrons. The Bertz CT molecular complexity index is 708. The van der Waals surface area contributed by atoms with Gasteiger partial charge in [-0.25, -0.2) is 9.69 Å². The number of nitrogens with one attached hydrogen (secondary N) is 1. The van der Waals surface area contributed by atoms with Gasteiger partial charge in [0.2, 0.25) is 5.91 Å². The molecule has 1 aliphatic rings. The third-order valence-electron chi connectivity index (χ3n) is 3.40. The second kappa shape index (κ2) is 7.63. The van der Waals surface area contributed by atoms with Gasteiger partial charge in [0.15, 0.2) is 0 Å². The number of halogens is 2. The minimum Gasteiger partial charge on any atom is -0.323 e.